The first-order valence-electron chi connectivity index (χ1n) is 7.36. The summed E-state index contributed by atoms with van der Waals surface area (Å²) in [6, 6.07) is 4.99. The summed E-state index contributed by atoms with van der Waals surface area (Å²) in [7, 11) is 0. The zero-order valence-electron chi connectivity index (χ0n) is 12.3. The quantitative estimate of drug-likeness (QED) is 0.888. The predicted molar refractivity (Wildman–Crippen MR) is 81.2 cm³/mol. The number of benzene rings is 1. The Hall–Kier alpha value is -2.15. The standard InChI is InChI=1S/C16H16F3N3O/c17-16(18,19)11-1-2-14-13(6-11)15(3-4-21-14)22-9-12(23)5-10-7-20-8-10/h1-4,6,10,20H,5,7-9H2,(H,21,22). The topological polar surface area (TPSA) is 54.0 Å². The Bertz CT molecular complexity index is 726. The number of ketones is 1. The van der Waals surface area contributed by atoms with Crippen molar-refractivity contribution in [1.29, 1.82) is 0 Å². The largest absolute Gasteiger partial charge is 0.416 e. The van der Waals surface area contributed by atoms with E-state index >= 15 is 0 Å². The van der Waals surface area contributed by atoms with Crippen LogP contribution in [0.4, 0.5) is 18.9 Å². The number of fused-ring (bicyclic) bond motifs is 1. The molecule has 122 valence electrons. The van der Waals surface area contributed by atoms with E-state index in [4.69, 9.17) is 0 Å². The van der Waals surface area contributed by atoms with Gasteiger partial charge in [-0.25, -0.2) is 0 Å². The second kappa shape index (κ2) is 6.16. The fourth-order valence-corrected chi connectivity index (χ4v) is 2.56. The van der Waals surface area contributed by atoms with E-state index in [0.717, 1.165) is 25.2 Å². The normalized spacial score (nSPS) is 15.4. The van der Waals surface area contributed by atoms with Gasteiger partial charge in [-0.05, 0) is 43.3 Å². The Balaban J connectivity index is 1.77. The summed E-state index contributed by atoms with van der Waals surface area (Å²) in [4.78, 5) is 16.0. The predicted octanol–water partition coefficient (Wildman–Crippen LogP) is 2.84. The van der Waals surface area contributed by atoms with Gasteiger partial charge in [0.25, 0.3) is 0 Å². The number of Topliss-reactive ketones (excluding diaryl/α,β-unsaturated/α-hetero) is 1. The molecule has 1 fully saturated rings. The Kier molecular flexibility index (Phi) is 4.21. The number of nitrogens with zero attached hydrogens (tertiary/aromatic N) is 1. The molecule has 7 heteroatoms. The molecule has 2 aromatic rings. The van der Waals surface area contributed by atoms with Crippen LogP contribution >= 0.6 is 0 Å². The Labute approximate surface area is 131 Å². The number of nitrogens with one attached hydrogen (secondary N) is 2. The van der Waals surface area contributed by atoms with E-state index < -0.39 is 11.7 Å². The van der Waals surface area contributed by atoms with Crippen molar-refractivity contribution in [3.8, 4) is 0 Å². The van der Waals surface area contributed by atoms with Gasteiger partial charge in [-0.1, -0.05) is 0 Å². The Morgan fingerprint density at radius 2 is 2.09 bits per heavy atom. The van der Waals surface area contributed by atoms with Crippen molar-refractivity contribution >= 4 is 22.4 Å². The summed E-state index contributed by atoms with van der Waals surface area (Å²) in [6.45, 7) is 1.80. The van der Waals surface area contributed by atoms with Crippen LogP contribution in [-0.4, -0.2) is 30.4 Å². The van der Waals surface area contributed by atoms with Gasteiger partial charge in [0.15, 0.2) is 5.78 Å². The average molecular weight is 323 g/mol. The van der Waals surface area contributed by atoms with Crippen molar-refractivity contribution in [1.82, 2.24) is 10.3 Å². The van der Waals surface area contributed by atoms with E-state index in [0.29, 0.717) is 28.9 Å². The van der Waals surface area contributed by atoms with Crippen LogP contribution in [0.15, 0.2) is 30.5 Å². The summed E-state index contributed by atoms with van der Waals surface area (Å²) in [5.41, 5.74) is 0.216. The highest BCUT2D eigenvalue weighted by molar-refractivity contribution is 5.93. The third-order valence-electron chi connectivity index (χ3n) is 3.93. The summed E-state index contributed by atoms with van der Waals surface area (Å²) in [6.07, 6.45) is -2.41. The molecule has 0 aliphatic carbocycles. The molecule has 23 heavy (non-hydrogen) atoms. The number of anilines is 1. The number of pyridine rings is 1. The van der Waals surface area contributed by atoms with E-state index in [1.165, 1.54) is 12.3 Å². The van der Waals surface area contributed by atoms with Crippen LogP contribution in [0.25, 0.3) is 10.9 Å². The van der Waals surface area contributed by atoms with Crippen molar-refractivity contribution in [2.45, 2.75) is 12.6 Å². The molecule has 2 heterocycles. The average Bonchev–Trinajstić information content (AvgIpc) is 2.47. The summed E-state index contributed by atoms with van der Waals surface area (Å²) in [5, 5.41) is 6.40. The highest BCUT2D eigenvalue weighted by Gasteiger charge is 2.30. The number of hydrogen-bond acceptors (Lipinski definition) is 4. The number of hydrogen-bond donors (Lipinski definition) is 2. The summed E-state index contributed by atoms with van der Waals surface area (Å²) >= 11 is 0. The van der Waals surface area contributed by atoms with Crippen LogP contribution < -0.4 is 10.6 Å². The first-order valence-corrected chi connectivity index (χ1v) is 7.36. The van der Waals surface area contributed by atoms with Crippen molar-refractivity contribution in [2.24, 2.45) is 5.92 Å². The van der Waals surface area contributed by atoms with Gasteiger partial charge in [-0.2, -0.15) is 13.2 Å². The molecule has 2 N–H and O–H groups in total. The molecule has 0 amide bonds. The van der Waals surface area contributed by atoms with Gasteiger partial charge in [0.2, 0.25) is 0 Å². The van der Waals surface area contributed by atoms with E-state index in [9.17, 15) is 18.0 Å². The van der Waals surface area contributed by atoms with Gasteiger partial charge >= 0.3 is 6.18 Å². The molecule has 0 atom stereocenters. The van der Waals surface area contributed by atoms with E-state index in [1.54, 1.807) is 6.07 Å². The highest BCUT2D eigenvalue weighted by Crippen LogP contribution is 2.33. The maximum Gasteiger partial charge on any atom is 0.416 e. The lowest BCUT2D eigenvalue weighted by atomic mass is 9.97. The zero-order valence-corrected chi connectivity index (χ0v) is 12.3. The van der Waals surface area contributed by atoms with Crippen molar-refractivity contribution < 1.29 is 18.0 Å². The first-order chi connectivity index (χ1) is 10.9. The SMILES string of the molecule is O=C(CNc1ccnc2ccc(C(F)(F)F)cc12)CC1CNC1. The number of rotatable bonds is 5. The Morgan fingerprint density at radius 1 is 1.30 bits per heavy atom. The molecular weight excluding hydrogens is 307 g/mol. The summed E-state index contributed by atoms with van der Waals surface area (Å²) in [5.74, 6) is 0.420. The van der Waals surface area contributed by atoms with E-state index in [-0.39, 0.29) is 12.3 Å². The van der Waals surface area contributed by atoms with E-state index in [2.05, 4.69) is 15.6 Å². The van der Waals surface area contributed by atoms with Crippen LogP contribution in [0.5, 0.6) is 0 Å². The maximum atomic E-state index is 12.8. The number of alkyl halides is 3. The van der Waals surface area contributed by atoms with Crippen molar-refractivity contribution in [2.75, 3.05) is 25.0 Å². The molecule has 0 spiro atoms. The molecular formula is C16H16F3N3O. The number of carbonyl (C=O) groups excluding carboxylic acids is 1. The summed E-state index contributed by atoms with van der Waals surface area (Å²) < 4.78 is 38.5. The highest BCUT2D eigenvalue weighted by atomic mass is 19.4. The molecule has 3 rings (SSSR count). The Morgan fingerprint density at radius 3 is 2.74 bits per heavy atom. The van der Waals surface area contributed by atoms with Gasteiger partial charge in [-0.3, -0.25) is 9.78 Å². The zero-order chi connectivity index (χ0) is 16.4. The molecule has 0 saturated carbocycles. The van der Waals surface area contributed by atoms with Gasteiger partial charge < -0.3 is 10.6 Å². The molecule has 1 saturated heterocycles. The molecule has 1 aliphatic rings. The fourth-order valence-electron chi connectivity index (χ4n) is 2.56. The lowest BCUT2D eigenvalue weighted by molar-refractivity contribution is -0.137. The first kappa shape index (κ1) is 15.7. The lowest BCUT2D eigenvalue weighted by Crippen LogP contribution is -2.43. The minimum Gasteiger partial charge on any atom is -0.377 e. The van der Waals surface area contributed by atoms with Gasteiger partial charge in [0.1, 0.15) is 0 Å². The van der Waals surface area contributed by atoms with Gasteiger partial charge in [0, 0.05) is 23.7 Å². The van der Waals surface area contributed by atoms with Gasteiger partial charge in [0.05, 0.1) is 17.6 Å². The van der Waals surface area contributed by atoms with Crippen LogP contribution in [0.1, 0.15) is 12.0 Å². The molecule has 1 aliphatic heterocycles. The number of aromatic nitrogens is 1. The number of halogens is 3. The smallest absolute Gasteiger partial charge is 0.377 e. The van der Waals surface area contributed by atoms with Crippen LogP contribution in [0, 0.1) is 5.92 Å². The molecule has 0 unspecified atom stereocenters. The molecule has 1 aromatic heterocycles. The lowest BCUT2D eigenvalue weighted by Gasteiger charge is -2.26. The molecule has 4 nitrogen and oxygen atoms in total. The van der Waals surface area contributed by atoms with E-state index in [1.807, 2.05) is 0 Å². The second-order valence-electron chi connectivity index (χ2n) is 5.71. The monoisotopic (exact) mass is 323 g/mol. The molecule has 0 radical (unpaired) electrons. The second-order valence-corrected chi connectivity index (χ2v) is 5.71. The van der Waals surface area contributed by atoms with Crippen LogP contribution in [-0.2, 0) is 11.0 Å². The molecule has 0 bridgehead atoms. The fraction of sp³-hybridized carbons (Fsp3) is 0.375. The number of carbonyl (C=O) groups is 1. The maximum absolute atomic E-state index is 12.8. The minimum absolute atomic E-state index is 0.0495. The minimum atomic E-state index is -4.41. The van der Waals surface area contributed by atoms with Crippen molar-refractivity contribution in [3.05, 3.63) is 36.0 Å². The molecule has 1 aromatic carbocycles. The third-order valence-corrected chi connectivity index (χ3v) is 3.93. The van der Waals surface area contributed by atoms with Crippen LogP contribution in [0.2, 0.25) is 0 Å². The third kappa shape index (κ3) is 3.61. The van der Waals surface area contributed by atoms with Crippen LogP contribution in [0.3, 0.4) is 0 Å². The van der Waals surface area contributed by atoms with Crippen molar-refractivity contribution in [3.63, 3.8) is 0 Å². The van der Waals surface area contributed by atoms with Gasteiger partial charge in [-0.15, -0.1) is 0 Å².